The van der Waals surface area contributed by atoms with Gasteiger partial charge in [0.1, 0.15) is 78.5 Å². The fourth-order valence-corrected chi connectivity index (χ4v) is 9.39. The highest BCUT2D eigenvalue weighted by molar-refractivity contribution is 6.69. The predicted molar refractivity (Wildman–Crippen MR) is 261 cm³/mol. The number of fused-ring (bicyclic) bond motifs is 12. The molecule has 11 aromatic rings. The number of rotatable bonds is 3. The van der Waals surface area contributed by atoms with E-state index < -0.39 is 0 Å². The third kappa shape index (κ3) is 4.68. The molecule has 8 aromatic carbocycles. The van der Waals surface area contributed by atoms with Crippen molar-refractivity contribution in [3.8, 4) is 17.1 Å². The molecule has 0 atom stereocenters. The van der Waals surface area contributed by atoms with Crippen molar-refractivity contribution in [2.75, 3.05) is 0 Å². The van der Waals surface area contributed by atoms with Crippen molar-refractivity contribution in [2.24, 2.45) is 0 Å². The number of hydrogen-bond acceptors (Lipinski definition) is 0. The van der Waals surface area contributed by atoms with E-state index in [9.17, 15) is 0 Å². The maximum Gasteiger partial charge on any atom is 0.115 e. The highest BCUT2D eigenvalue weighted by Gasteiger charge is 2.26. The Morgan fingerprint density at radius 3 is 1.19 bits per heavy atom. The first kappa shape index (κ1) is 36.2. The van der Waals surface area contributed by atoms with Gasteiger partial charge in [0.05, 0.1) is 38.8 Å². The molecule has 3 nitrogen and oxygen atoms in total. The summed E-state index contributed by atoms with van der Waals surface area (Å²) in [6.45, 7) is 0. The third-order valence-corrected chi connectivity index (χ3v) is 12.2. The molecule has 0 saturated carbocycles. The van der Waals surface area contributed by atoms with Gasteiger partial charge in [-0.1, -0.05) is 107 Å². The van der Waals surface area contributed by atoms with Gasteiger partial charge in [0.15, 0.2) is 0 Å². The summed E-state index contributed by atoms with van der Waals surface area (Å²) in [5, 5.41) is 8.12. The van der Waals surface area contributed by atoms with Crippen LogP contribution in [0.2, 0.25) is 0 Å². The molecular weight excluding hydrogens is 703 g/mol. The predicted octanol–water partition coefficient (Wildman–Crippen LogP) is 0.0691. The Balaban J connectivity index is 1.37. The SMILES string of the molecule is [B]c1c([B])c([B])c(-n2c3ccccc3c3c4ccccc4c(-n4c5ccccc5c5ccc6c(c7ccccc7n6-c6c([B])c([B])c([B])c([B])c6[B])c54)cc32)c([B])c1[B]. The molecular formula is C46H19B10N3. The van der Waals surface area contributed by atoms with Gasteiger partial charge in [0.25, 0.3) is 0 Å². The summed E-state index contributed by atoms with van der Waals surface area (Å²) in [6.07, 6.45) is 0. The molecule has 0 fully saturated rings. The lowest BCUT2D eigenvalue weighted by atomic mass is 9.61. The van der Waals surface area contributed by atoms with E-state index in [0.29, 0.717) is 11.4 Å². The zero-order chi connectivity index (χ0) is 40.8. The van der Waals surface area contributed by atoms with Crippen LogP contribution in [0.5, 0.6) is 0 Å². The average Bonchev–Trinajstić information content (AvgIpc) is 3.89. The van der Waals surface area contributed by atoms with Crippen molar-refractivity contribution in [1.82, 2.24) is 13.7 Å². The van der Waals surface area contributed by atoms with Crippen LogP contribution in [0.25, 0.3) is 93.3 Å². The molecule has 11 rings (SSSR count). The van der Waals surface area contributed by atoms with Crippen molar-refractivity contribution in [1.29, 1.82) is 0 Å². The van der Waals surface area contributed by atoms with Crippen molar-refractivity contribution < 1.29 is 0 Å². The molecule has 0 spiro atoms. The Morgan fingerprint density at radius 2 is 0.661 bits per heavy atom. The average molecular weight is 722 g/mol. The normalized spacial score (nSPS) is 12.1. The molecule has 20 radical (unpaired) electrons. The minimum atomic E-state index is 0.150. The summed E-state index contributed by atoms with van der Waals surface area (Å²) >= 11 is 0. The van der Waals surface area contributed by atoms with Crippen molar-refractivity contribution in [3.05, 3.63) is 115 Å². The van der Waals surface area contributed by atoms with Crippen LogP contribution >= 0.6 is 0 Å². The molecule has 3 aromatic heterocycles. The third-order valence-electron chi connectivity index (χ3n) is 12.2. The lowest BCUT2D eigenvalue weighted by Crippen LogP contribution is -2.56. The summed E-state index contributed by atoms with van der Waals surface area (Å²) in [5.74, 6) is 0. The van der Waals surface area contributed by atoms with E-state index in [2.05, 4.69) is 83.4 Å². The Kier molecular flexibility index (Phi) is 7.84. The van der Waals surface area contributed by atoms with Crippen molar-refractivity contribution in [3.63, 3.8) is 0 Å². The summed E-state index contributed by atoms with van der Waals surface area (Å²) in [6, 6.07) is 39.5. The molecule has 3 heterocycles. The highest BCUT2D eigenvalue weighted by atomic mass is 15.0. The standard InChI is InChI=1S/C46H19B10N3/c47-34-36(49)40(53)45(41(54)37(34)50)57-28-16-8-5-13-25(28)33-29(57)18-17-23-21-10-3-6-14-26(21)58(44(23)33)30-19-31-32(22-11-2-1-9-20(22)30)24-12-4-7-15-27(24)59(31)46-42(55)38(51)35(48)39(52)43(46)56/h1-19H. The number of aromatic nitrogens is 3. The first-order valence-corrected chi connectivity index (χ1v) is 18.9. The number of para-hydroxylation sites is 3. The largest absolute Gasteiger partial charge is 0.310 e. The number of benzene rings is 8. The molecule has 13 heteroatoms. The summed E-state index contributed by atoms with van der Waals surface area (Å²) in [4.78, 5) is 0. The van der Waals surface area contributed by atoms with E-state index in [1.165, 1.54) is 0 Å². The topological polar surface area (TPSA) is 14.8 Å². The van der Waals surface area contributed by atoms with Crippen LogP contribution in [0.1, 0.15) is 0 Å². The Hall–Kier alpha value is -5.93. The van der Waals surface area contributed by atoms with Crippen molar-refractivity contribution in [2.45, 2.75) is 0 Å². The smallest absolute Gasteiger partial charge is 0.115 e. The van der Waals surface area contributed by atoms with Gasteiger partial charge in [0.2, 0.25) is 0 Å². The van der Waals surface area contributed by atoms with Crippen LogP contribution < -0.4 is 54.6 Å². The van der Waals surface area contributed by atoms with E-state index in [0.717, 1.165) is 81.9 Å². The van der Waals surface area contributed by atoms with Gasteiger partial charge < -0.3 is 13.7 Å². The molecule has 0 unspecified atom stereocenters. The van der Waals surface area contributed by atoms with Gasteiger partial charge in [0, 0.05) is 49.1 Å². The maximum absolute atomic E-state index is 6.82. The molecule has 59 heavy (non-hydrogen) atoms. The molecule has 0 amide bonds. The zero-order valence-electron chi connectivity index (χ0n) is 31.6. The second-order valence-corrected chi connectivity index (χ2v) is 15.1. The lowest BCUT2D eigenvalue weighted by Gasteiger charge is -2.23. The van der Waals surface area contributed by atoms with Crippen molar-refractivity contribution >= 4 is 209 Å². The fraction of sp³-hybridized carbons (Fsp3) is 0. The van der Waals surface area contributed by atoms with Gasteiger partial charge in [-0.25, -0.2) is 0 Å². The Bertz CT molecular complexity index is 3630. The van der Waals surface area contributed by atoms with E-state index >= 15 is 0 Å². The van der Waals surface area contributed by atoms with E-state index in [1.54, 1.807) is 0 Å². The molecule has 0 aliphatic carbocycles. The number of hydrogen-bond donors (Lipinski definition) is 0. The van der Waals surface area contributed by atoms with Crippen LogP contribution in [-0.4, -0.2) is 92.2 Å². The van der Waals surface area contributed by atoms with Crippen LogP contribution in [0, 0.1) is 0 Å². The van der Waals surface area contributed by atoms with Crippen LogP contribution in [0.4, 0.5) is 0 Å². The molecule has 0 saturated heterocycles. The maximum atomic E-state index is 6.82. The quantitative estimate of drug-likeness (QED) is 0.230. The van der Waals surface area contributed by atoms with Gasteiger partial charge in [-0.15, -0.1) is 32.8 Å². The van der Waals surface area contributed by atoms with Gasteiger partial charge in [-0.3, -0.25) is 0 Å². The number of nitrogens with zero attached hydrogens (tertiary/aromatic N) is 3. The van der Waals surface area contributed by atoms with Gasteiger partial charge in [-0.05, 0) is 35.7 Å². The lowest BCUT2D eigenvalue weighted by molar-refractivity contribution is 1.18. The minimum absolute atomic E-state index is 0.150. The van der Waals surface area contributed by atoms with Gasteiger partial charge in [-0.2, -0.15) is 0 Å². The minimum Gasteiger partial charge on any atom is -0.310 e. The zero-order valence-corrected chi connectivity index (χ0v) is 31.6. The molecule has 0 N–H and O–H groups in total. The fourth-order valence-electron chi connectivity index (χ4n) is 9.39. The monoisotopic (exact) mass is 723 g/mol. The second kappa shape index (κ2) is 12.8. The molecule has 0 aliphatic heterocycles. The van der Waals surface area contributed by atoms with E-state index in [1.807, 2.05) is 45.5 Å². The Labute approximate surface area is 353 Å². The molecule has 0 bridgehead atoms. The van der Waals surface area contributed by atoms with Gasteiger partial charge >= 0.3 is 0 Å². The first-order chi connectivity index (χ1) is 28.5. The summed E-state index contributed by atoms with van der Waals surface area (Å²) in [5.41, 5.74) is 9.19. The van der Waals surface area contributed by atoms with Crippen LogP contribution in [0.15, 0.2) is 115 Å². The molecule has 248 valence electrons. The van der Waals surface area contributed by atoms with Crippen LogP contribution in [0.3, 0.4) is 0 Å². The van der Waals surface area contributed by atoms with E-state index in [-0.39, 0.29) is 54.6 Å². The van der Waals surface area contributed by atoms with E-state index in [4.69, 9.17) is 78.5 Å². The Morgan fingerprint density at radius 1 is 0.271 bits per heavy atom. The van der Waals surface area contributed by atoms with Crippen LogP contribution in [-0.2, 0) is 0 Å². The highest BCUT2D eigenvalue weighted by Crippen LogP contribution is 2.45. The first-order valence-electron chi connectivity index (χ1n) is 18.9. The summed E-state index contributed by atoms with van der Waals surface area (Å²) in [7, 11) is 65.7. The molecule has 0 aliphatic rings. The summed E-state index contributed by atoms with van der Waals surface area (Å²) < 4.78 is 6.42. The second-order valence-electron chi connectivity index (χ2n) is 15.1.